The average molecular weight is 554 g/mol. The molecule has 9 nitrogen and oxygen atoms in total. The van der Waals surface area contributed by atoms with Gasteiger partial charge in [-0.2, -0.15) is 15.2 Å². The first kappa shape index (κ1) is 27.5. The standard InChI is InChI=1S/C32H39N7O2/c1-3-30(40)39-19-18-38(20-24(39)13-15-33)31-27-14-17-37(29-12-6-9-23-8-4-5-11-26(23)29)21-28(27)34-32(35-31)41-22-25-10-7-16-36(25)2/h3-6,8-9,11-12,24-25,30,40H,1,7,10,13-14,16-22H2,2H3/t24-,25+,30?/m0/s1. The Labute approximate surface area is 242 Å². The van der Waals surface area contributed by atoms with Crippen molar-refractivity contribution in [2.24, 2.45) is 0 Å². The summed E-state index contributed by atoms with van der Waals surface area (Å²) < 4.78 is 6.30. The van der Waals surface area contributed by atoms with Crippen molar-refractivity contribution < 1.29 is 9.84 Å². The second-order valence-electron chi connectivity index (χ2n) is 11.4. The van der Waals surface area contributed by atoms with Crippen molar-refractivity contribution in [2.45, 2.75) is 50.5 Å². The maximum Gasteiger partial charge on any atom is 0.318 e. The minimum Gasteiger partial charge on any atom is -0.462 e. The highest BCUT2D eigenvalue weighted by Crippen LogP contribution is 2.35. The molecule has 0 aliphatic carbocycles. The van der Waals surface area contributed by atoms with Crippen molar-refractivity contribution in [3.8, 4) is 12.1 Å². The summed E-state index contributed by atoms with van der Waals surface area (Å²) in [6, 6.07) is 18.0. The molecule has 6 rings (SSSR count). The molecule has 2 fully saturated rings. The van der Waals surface area contributed by atoms with Gasteiger partial charge in [0.05, 0.1) is 24.7 Å². The molecule has 1 N–H and O–H groups in total. The normalized spacial score (nSPS) is 22.4. The molecule has 3 atom stereocenters. The number of likely N-dealkylation sites (tertiary alicyclic amines) is 1. The summed E-state index contributed by atoms with van der Waals surface area (Å²) in [7, 11) is 2.15. The Kier molecular flexibility index (Phi) is 8.06. The second kappa shape index (κ2) is 12.0. The average Bonchev–Trinajstić information content (AvgIpc) is 3.43. The fourth-order valence-electron chi connectivity index (χ4n) is 6.60. The van der Waals surface area contributed by atoms with Crippen LogP contribution in [-0.4, -0.2) is 89.6 Å². The van der Waals surface area contributed by atoms with Gasteiger partial charge in [-0.25, -0.2) is 0 Å². The number of aliphatic hydroxyl groups excluding tert-OH is 1. The topological polar surface area (TPSA) is 92.0 Å². The zero-order valence-corrected chi connectivity index (χ0v) is 23.8. The molecular formula is C32H39N7O2. The predicted octanol–water partition coefficient (Wildman–Crippen LogP) is 3.57. The molecule has 0 saturated carbocycles. The van der Waals surface area contributed by atoms with Crippen LogP contribution in [0.1, 0.15) is 30.5 Å². The van der Waals surface area contributed by atoms with Gasteiger partial charge in [0.2, 0.25) is 0 Å². The highest BCUT2D eigenvalue weighted by Gasteiger charge is 2.34. The number of aromatic nitrogens is 2. The van der Waals surface area contributed by atoms with E-state index in [1.807, 2.05) is 4.90 Å². The van der Waals surface area contributed by atoms with Crippen LogP contribution in [0.3, 0.4) is 0 Å². The van der Waals surface area contributed by atoms with Crippen molar-refractivity contribution in [3.05, 3.63) is 66.4 Å². The van der Waals surface area contributed by atoms with E-state index in [9.17, 15) is 10.4 Å². The largest absolute Gasteiger partial charge is 0.462 e. The van der Waals surface area contributed by atoms with Crippen molar-refractivity contribution in [1.82, 2.24) is 19.8 Å². The molecule has 214 valence electrons. The first-order valence-corrected chi connectivity index (χ1v) is 14.7. The maximum atomic E-state index is 10.5. The van der Waals surface area contributed by atoms with Gasteiger partial charge in [0.25, 0.3) is 0 Å². The Morgan fingerprint density at radius 1 is 1.10 bits per heavy atom. The number of nitrogens with zero attached hydrogens (tertiary/aromatic N) is 7. The Hall–Kier alpha value is -3.71. The SMILES string of the molecule is C=CC(O)N1CCN(c2nc(OC[C@H]3CCCN3C)nc3c2CCN(c2cccc4ccccc24)C3)C[C@@H]1CC#N. The molecule has 9 heteroatoms. The van der Waals surface area contributed by atoms with E-state index in [-0.39, 0.29) is 6.04 Å². The van der Waals surface area contributed by atoms with Crippen molar-refractivity contribution in [1.29, 1.82) is 5.26 Å². The van der Waals surface area contributed by atoms with Crippen LogP contribution in [0.4, 0.5) is 11.5 Å². The summed E-state index contributed by atoms with van der Waals surface area (Å²) in [5, 5.41) is 22.5. The molecule has 4 heterocycles. The van der Waals surface area contributed by atoms with Gasteiger partial charge in [-0.15, -0.1) is 0 Å². The minimum atomic E-state index is -0.772. The highest BCUT2D eigenvalue weighted by atomic mass is 16.5. The van der Waals surface area contributed by atoms with E-state index in [0.29, 0.717) is 51.3 Å². The van der Waals surface area contributed by atoms with Crippen LogP contribution >= 0.6 is 0 Å². The number of piperazine rings is 1. The number of anilines is 2. The number of likely N-dealkylation sites (N-methyl/N-ethyl adjacent to an activating group) is 1. The Bertz CT molecular complexity index is 1430. The molecule has 1 aromatic heterocycles. The highest BCUT2D eigenvalue weighted by molar-refractivity contribution is 5.94. The van der Waals surface area contributed by atoms with E-state index in [4.69, 9.17) is 14.7 Å². The van der Waals surface area contributed by atoms with E-state index in [1.165, 1.54) is 29.0 Å². The van der Waals surface area contributed by atoms with Gasteiger partial charge >= 0.3 is 6.01 Å². The number of benzene rings is 2. The van der Waals surface area contributed by atoms with E-state index in [0.717, 1.165) is 43.0 Å². The molecule has 2 aromatic carbocycles. The van der Waals surface area contributed by atoms with E-state index >= 15 is 0 Å². The number of hydrogen-bond donors (Lipinski definition) is 1. The lowest BCUT2D eigenvalue weighted by Crippen LogP contribution is -2.56. The monoisotopic (exact) mass is 553 g/mol. The molecule has 3 aliphatic rings. The van der Waals surface area contributed by atoms with E-state index in [1.54, 1.807) is 0 Å². The van der Waals surface area contributed by atoms with Gasteiger partial charge in [0.1, 0.15) is 18.7 Å². The van der Waals surface area contributed by atoms with Gasteiger partial charge in [-0.3, -0.25) is 4.90 Å². The second-order valence-corrected chi connectivity index (χ2v) is 11.4. The third-order valence-electron chi connectivity index (χ3n) is 8.91. The minimum absolute atomic E-state index is 0.125. The summed E-state index contributed by atoms with van der Waals surface area (Å²) in [4.78, 5) is 19.0. The fraction of sp³-hybridized carbons (Fsp3) is 0.469. The summed E-state index contributed by atoms with van der Waals surface area (Å²) in [5.74, 6) is 0.901. The van der Waals surface area contributed by atoms with Crippen LogP contribution in [0.15, 0.2) is 55.1 Å². The third-order valence-corrected chi connectivity index (χ3v) is 8.91. The number of hydrogen-bond acceptors (Lipinski definition) is 9. The lowest BCUT2D eigenvalue weighted by Gasteiger charge is -2.43. The maximum absolute atomic E-state index is 10.5. The van der Waals surface area contributed by atoms with Crippen LogP contribution in [0.25, 0.3) is 10.8 Å². The zero-order valence-electron chi connectivity index (χ0n) is 23.8. The van der Waals surface area contributed by atoms with Crippen LogP contribution in [-0.2, 0) is 13.0 Å². The molecule has 0 spiro atoms. The summed E-state index contributed by atoms with van der Waals surface area (Å²) in [6.45, 7) is 8.85. The molecule has 0 bridgehead atoms. The predicted molar refractivity (Wildman–Crippen MR) is 161 cm³/mol. The van der Waals surface area contributed by atoms with Crippen molar-refractivity contribution in [3.63, 3.8) is 0 Å². The van der Waals surface area contributed by atoms with Crippen LogP contribution in [0, 0.1) is 11.3 Å². The van der Waals surface area contributed by atoms with Gasteiger partial charge in [-0.05, 0) is 50.4 Å². The molecule has 2 saturated heterocycles. The fourth-order valence-corrected chi connectivity index (χ4v) is 6.60. The van der Waals surface area contributed by atoms with Crippen LogP contribution in [0.5, 0.6) is 6.01 Å². The number of nitriles is 1. The van der Waals surface area contributed by atoms with Gasteiger partial charge < -0.3 is 24.5 Å². The molecule has 0 radical (unpaired) electrons. The summed E-state index contributed by atoms with van der Waals surface area (Å²) in [5.41, 5.74) is 3.36. The van der Waals surface area contributed by atoms with Crippen molar-refractivity contribution in [2.75, 3.05) is 56.2 Å². The smallest absolute Gasteiger partial charge is 0.318 e. The quantitative estimate of drug-likeness (QED) is 0.420. The number of ether oxygens (including phenoxy) is 1. The lowest BCUT2D eigenvalue weighted by molar-refractivity contribution is 0.00431. The number of fused-ring (bicyclic) bond motifs is 2. The van der Waals surface area contributed by atoms with E-state index in [2.05, 4.69) is 76.9 Å². The third kappa shape index (κ3) is 5.60. The van der Waals surface area contributed by atoms with Crippen LogP contribution < -0.4 is 14.5 Å². The lowest BCUT2D eigenvalue weighted by atomic mass is 10.0. The molecule has 41 heavy (non-hydrogen) atoms. The first-order valence-electron chi connectivity index (χ1n) is 14.7. The number of rotatable bonds is 8. The van der Waals surface area contributed by atoms with E-state index < -0.39 is 6.23 Å². The molecule has 1 unspecified atom stereocenters. The Morgan fingerprint density at radius 2 is 1.95 bits per heavy atom. The molecular weight excluding hydrogens is 514 g/mol. The summed E-state index contributed by atoms with van der Waals surface area (Å²) >= 11 is 0. The first-order chi connectivity index (χ1) is 20.1. The van der Waals surface area contributed by atoms with Gasteiger partial charge in [-0.1, -0.05) is 43.0 Å². The molecule has 3 aliphatic heterocycles. The molecule has 3 aromatic rings. The van der Waals surface area contributed by atoms with Crippen molar-refractivity contribution >= 4 is 22.3 Å². The molecule has 0 amide bonds. The zero-order chi connectivity index (χ0) is 28.3. The van der Waals surface area contributed by atoms with Gasteiger partial charge in [0.15, 0.2) is 0 Å². The number of aliphatic hydroxyl groups is 1. The Balaban J connectivity index is 1.32. The Morgan fingerprint density at radius 3 is 2.76 bits per heavy atom. The summed E-state index contributed by atoms with van der Waals surface area (Å²) in [6.07, 6.45) is 4.19. The van der Waals surface area contributed by atoms with Gasteiger partial charge in [0, 0.05) is 54.9 Å². The van der Waals surface area contributed by atoms with Crippen LogP contribution in [0.2, 0.25) is 0 Å².